The average molecular weight is 320 g/mol. The summed E-state index contributed by atoms with van der Waals surface area (Å²) in [6.45, 7) is 0. The number of hydrogen-bond donors (Lipinski definition) is 1. The minimum atomic E-state index is -0.296. The first-order valence-electron chi connectivity index (χ1n) is 5.64. The fraction of sp³-hybridized carbons (Fsp3) is 0. The van der Waals surface area contributed by atoms with Crippen LogP contribution in [0.5, 0.6) is 0 Å². The fourth-order valence-electron chi connectivity index (χ4n) is 1.50. The third-order valence-corrected chi connectivity index (χ3v) is 2.88. The van der Waals surface area contributed by atoms with Crippen molar-refractivity contribution in [2.75, 3.05) is 5.32 Å². The van der Waals surface area contributed by atoms with E-state index in [4.69, 9.17) is 0 Å². The quantitative estimate of drug-likeness (QED) is 0.842. The molecular formula is C15H11BrFNO. The molecule has 0 atom stereocenters. The lowest BCUT2D eigenvalue weighted by molar-refractivity contribution is -0.111. The summed E-state index contributed by atoms with van der Waals surface area (Å²) in [5, 5.41) is 2.73. The van der Waals surface area contributed by atoms with Crippen molar-refractivity contribution in [1.29, 1.82) is 0 Å². The van der Waals surface area contributed by atoms with Gasteiger partial charge in [-0.25, -0.2) is 4.39 Å². The molecule has 0 bridgehead atoms. The molecule has 2 aromatic rings. The summed E-state index contributed by atoms with van der Waals surface area (Å²) in [6, 6.07) is 13.2. The van der Waals surface area contributed by atoms with Crippen LogP contribution in [-0.2, 0) is 4.79 Å². The number of rotatable bonds is 3. The zero-order chi connectivity index (χ0) is 13.7. The molecule has 0 radical (unpaired) electrons. The fourth-order valence-corrected chi connectivity index (χ4v) is 1.90. The molecule has 0 unspecified atom stereocenters. The number of carbonyl (C=O) groups excluding carboxylic acids is 1. The van der Waals surface area contributed by atoms with Gasteiger partial charge in [-0.2, -0.15) is 0 Å². The Morgan fingerprint density at radius 1 is 1.16 bits per heavy atom. The molecule has 2 nitrogen and oxygen atoms in total. The first-order valence-corrected chi connectivity index (χ1v) is 6.43. The van der Waals surface area contributed by atoms with Crippen molar-refractivity contribution in [2.24, 2.45) is 0 Å². The van der Waals surface area contributed by atoms with E-state index in [1.54, 1.807) is 24.3 Å². The molecule has 0 heterocycles. The molecule has 0 fully saturated rings. The van der Waals surface area contributed by atoms with Crippen molar-refractivity contribution in [3.05, 3.63) is 70.5 Å². The molecule has 0 aliphatic heterocycles. The summed E-state index contributed by atoms with van der Waals surface area (Å²) < 4.78 is 13.6. The smallest absolute Gasteiger partial charge is 0.248 e. The van der Waals surface area contributed by atoms with Crippen molar-refractivity contribution in [2.45, 2.75) is 0 Å². The van der Waals surface area contributed by atoms with Gasteiger partial charge in [-0.1, -0.05) is 34.1 Å². The molecule has 1 N–H and O–H groups in total. The van der Waals surface area contributed by atoms with E-state index in [0.717, 1.165) is 10.0 Å². The monoisotopic (exact) mass is 319 g/mol. The van der Waals surface area contributed by atoms with E-state index in [9.17, 15) is 9.18 Å². The van der Waals surface area contributed by atoms with Crippen LogP contribution >= 0.6 is 15.9 Å². The van der Waals surface area contributed by atoms with E-state index in [0.29, 0.717) is 5.69 Å². The Labute approximate surface area is 119 Å². The molecule has 4 heteroatoms. The van der Waals surface area contributed by atoms with Crippen LogP contribution in [0, 0.1) is 5.82 Å². The molecule has 0 saturated heterocycles. The Morgan fingerprint density at radius 2 is 1.89 bits per heavy atom. The van der Waals surface area contributed by atoms with Gasteiger partial charge >= 0.3 is 0 Å². The highest BCUT2D eigenvalue weighted by Crippen LogP contribution is 2.15. The standard InChI is InChI=1S/C15H11BrFNO/c16-12-2-1-3-14(10-12)18-15(19)9-6-11-4-7-13(17)8-5-11/h1-10H,(H,18,19)/b9-6+. The van der Waals surface area contributed by atoms with Gasteiger partial charge in [-0.3, -0.25) is 4.79 Å². The summed E-state index contributed by atoms with van der Waals surface area (Å²) in [6.07, 6.45) is 3.04. The van der Waals surface area contributed by atoms with Gasteiger partial charge in [-0.15, -0.1) is 0 Å². The zero-order valence-electron chi connectivity index (χ0n) is 9.94. The maximum Gasteiger partial charge on any atom is 0.248 e. The van der Waals surface area contributed by atoms with Crippen molar-refractivity contribution < 1.29 is 9.18 Å². The highest BCUT2D eigenvalue weighted by molar-refractivity contribution is 9.10. The molecular weight excluding hydrogens is 309 g/mol. The van der Waals surface area contributed by atoms with Gasteiger partial charge < -0.3 is 5.32 Å². The second kappa shape index (κ2) is 6.29. The van der Waals surface area contributed by atoms with E-state index < -0.39 is 0 Å². The van der Waals surface area contributed by atoms with E-state index in [-0.39, 0.29) is 11.7 Å². The van der Waals surface area contributed by atoms with Crippen LogP contribution in [0.4, 0.5) is 10.1 Å². The number of benzene rings is 2. The Bertz CT molecular complexity index is 608. The molecule has 2 rings (SSSR count). The topological polar surface area (TPSA) is 29.1 Å². The largest absolute Gasteiger partial charge is 0.322 e. The molecule has 0 spiro atoms. The minimum Gasteiger partial charge on any atom is -0.322 e. The van der Waals surface area contributed by atoms with Crippen molar-refractivity contribution in [1.82, 2.24) is 0 Å². The Hall–Kier alpha value is -1.94. The molecule has 0 saturated carbocycles. The second-order valence-electron chi connectivity index (χ2n) is 3.88. The second-order valence-corrected chi connectivity index (χ2v) is 4.80. The van der Waals surface area contributed by atoms with Crippen LogP contribution in [0.3, 0.4) is 0 Å². The summed E-state index contributed by atoms with van der Waals surface area (Å²) in [5.74, 6) is -0.529. The third-order valence-electron chi connectivity index (χ3n) is 2.39. The number of amides is 1. The van der Waals surface area contributed by atoms with Crippen LogP contribution < -0.4 is 5.32 Å². The number of halogens is 2. The average Bonchev–Trinajstić information content (AvgIpc) is 2.38. The molecule has 0 aliphatic carbocycles. The zero-order valence-corrected chi connectivity index (χ0v) is 11.5. The lowest BCUT2D eigenvalue weighted by Crippen LogP contribution is -2.07. The molecule has 19 heavy (non-hydrogen) atoms. The van der Waals surface area contributed by atoms with Crippen molar-refractivity contribution in [3.63, 3.8) is 0 Å². The normalized spacial score (nSPS) is 10.6. The maximum atomic E-state index is 12.7. The highest BCUT2D eigenvalue weighted by atomic mass is 79.9. The van der Waals surface area contributed by atoms with Crippen molar-refractivity contribution >= 4 is 33.6 Å². The maximum absolute atomic E-state index is 12.7. The van der Waals surface area contributed by atoms with Crippen LogP contribution in [0.1, 0.15) is 5.56 Å². The van der Waals surface area contributed by atoms with Gasteiger partial charge in [0.1, 0.15) is 5.82 Å². The molecule has 0 aliphatic rings. The first kappa shape index (κ1) is 13.5. The number of carbonyl (C=O) groups is 1. The Balaban J connectivity index is 1.99. The molecule has 1 amide bonds. The molecule has 0 aromatic heterocycles. The van der Waals surface area contributed by atoms with Crippen LogP contribution in [0.25, 0.3) is 6.08 Å². The predicted molar refractivity (Wildman–Crippen MR) is 78.2 cm³/mol. The van der Waals surface area contributed by atoms with Crippen LogP contribution in [0.15, 0.2) is 59.1 Å². The van der Waals surface area contributed by atoms with E-state index in [2.05, 4.69) is 21.2 Å². The Morgan fingerprint density at radius 3 is 2.58 bits per heavy atom. The van der Waals surface area contributed by atoms with Crippen LogP contribution in [0.2, 0.25) is 0 Å². The predicted octanol–water partition coefficient (Wildman–Crippen LogP) is 4.24. The molecule has 96 valence electrons. The van der Waals surface area contributed by atoms with Crippen LogP contribution in [-0.4, -0.2) is 5.91 Å². The molecule has 2 aromatic carbocycles. The van der Waals surface area contributed by atoms with E-state index >= 15 is 0 Å². The van der Waals surface area contributed by atoms with Gasteiger partial charge in [0.2, 0.25) is 5.91 Å². The lowest BCUT2D eigenvalue weighted by Gasteiger charge is -2.02. The SMILES string of the molecule is O=C(/C=C/c1ccc(F)cc1)Nc1cccc(Br)c1. The number of hydrogen-bond acceptors (Lipinski definition) is 1. The summed E-state index contributed by atoms with van der Waals surface area (Å²) >= 11 is 3.33. The summed E-state index contributed by atoms with van der Waals surface area (Å²) in [7, 11) is 0. The van der Waals surface area contributed by atoms with E-state index in [1.807, 2.05) is 18.2 Å². The number of anilines is 1. The van der Waals surface area contributed by atoms with Gasteiger partial charge in [0.05, 0.1) is 0 Å². The first-order chi connectivity index (χ1) is 9.13. The van der Waals surface area contributed by atoms with E-state index in [1.165, 1.54) is 18.2 Å². The number of nitrogens with one attached hydrogen (secondary N) is 1. The third kappa shape index (κ3) is 4.34. The highest BCUT2D eigenvalue weighted by Gasteiger charge is 1.98. The lowest BCUT2D eigenvalue weighted by atomic mass is 10.2. The van der Waals surface area contributed by atoms with Gasteiger partial charge in [-0.05, 0) is 42.0 Å². The Kier molecular flexibility index (Phi) is 4.47. The minimum absolute atomic E-state index is 0.234. The van der Waals surface area contributed by atoms with Gasteiger partial charge in [0, 0.05) is 16.2 Å². The van der Waals surface area contributed by atoms with Gasteiger partial charge in [0.25, 0.3) is 0 Å². The van der Waals surface area contributed by atoms with Crippen molar-refractivity contribution in [3.8, 4) is 0 Å². The summed E-state index contributed by atoms with van der Waals surface area (Å²) in [5.41, 5.74) is 1.48. The van der Waals surface area contributed by atoms with Gasteiger partial charge in [0.15, 0.2) is 0 Å². The summed E-state index contributed by atoms with van der Waals surface area (Å²) in [4.78, 5) is 11.7.